The number of likely N-dealkylation sites (N-methyl/N-ethyl adjacent to an activating group) is 1. The van der Waals surface area contributed by atoms with Crippen LogP contribution in [0.15, 0.2) is 58.6 Å². The highest BCUT2D eigenvalue weighted by Gasteiger charge is 2.44. The molecule has 0 aromatic heterocycles. The van der Waals surface area contributed by atoms with E-state index in [1.54, 1.807) is 29.2 Å². The topological polar surface area (TPSA) is 64.9 Å². The van der Waals surface area contributed by atoms with Crippen molar-refractivity contribution in [2.75, 3.05) is 26.2 Å². The first-order valence-electron chi connectivity index (χ1n) is 9.98. The van der Waals surface area contributed by atoms with Crippen molar-refractivity contribution in [1.82, 2.24) is 4.90 Å². The lowest BCUT2D eigenvalue weighted by Crippen LogP contribution is -3.12. The summed E-state index contributed by atoms with van der Waals surface area (Å²) in [6.45, 7) is 7.14. The summed E-state index contributed by atoms with van der Waals surface area (Å²) in [4.78, 5) is 28.7. The number of carbonyl (C=O) groups excluding carboxylic acids is 2. The third-order valence-electron chi connectivity index (χ3n) is 5.53. The highest BCUT2D eigenvalue weighted by atomic mass is 79.9. The number of ketones is 1. The van der Waals surface area contributed by atoms with E-state index in [4.69, 9.17) is 11.6 Å². The van der Waals surface area contributed by atoms with Crippen molar-refractivity contribution < 1.29 is 19.6 Å². The molecule has 0 radical (unpaired) electrons. The molecule has 1 unspecified atom stereocenters. The fraction of sp³-hybridized carbons (Fsp3) is 0.304. The summed E-state index contributed by atoms with van der Waals surface area (Å²) >= 11 is 9.35. The molecule has 1 aliphatic rings. The van der Waals surface area contributed by atoms with Gasteiger partial charge in [0.25, 0.3) is 5.91 Å². The average Bonchev–Trinajstić information content (AvgIpc) is 3.00. The lowest BCUT2D eigenvalue weighted by Gasteiger charge is -2.28. The number of hydrogen-bond acceptors (Lipinski definition) is 3. The molecule has 2 aromatic carbocycles. The fourth-order valence-electron chi connectivity index (χ4n) is 3.73. The number of carbonyl (C=O) groups is 2. The molecule has 0 aliphatic carbocycles. The van der Waals surface area contributed by atoms with Gasteiger partial charge in [-0.15, -0.1) is 0 Å². The summed E-state index contributed by atoms with van der Waals surface area (Å²) < 4.78 is 0.881. The number of quaternary nitrogens is 1. The molecule has 2 aromatic rings. The number of likely N-dealkylation sites (tertiary alicyclic amines) is 1. The summed E-state index contributed by atoms with van der Waals surface area (Å²) in [5.74, 6) is -1.78. The van der Waals surface area contributed by atoms with Crippen LogP contribution in [0.4, 0.5) is 0 Å². The van der Waals surface area contributed by atoms with Crippen LogP contribution in [0, 0.1) is 0 Å². The van der Waals surface area contributed by atoms with Gasteiger partial charge in [0.1, 0.15) is 0 Å². The van der Waals surface area contributed by atoms with E-state index >= 15 is 0 Å². The summed E-state index contributed by atoms with van der Waals surface area (Å²) in [5, 5.41) is 13.8. The van der Waals surface area contributed by atoms with Crippen LogP contribution in [0.1, 0.15) is 31.0 Å². The minimum atomic E-state index is -0.725. The van der Waals surface area contributed by atoms with Gasteiger partial charge in [0.2, 0.25) is 5.78 Å². The minimum absolute atomic E-state index is 0.000748. The number of halogens is 2. The van der Waals surface area contributed by atoms with E-state index in [1.165, 1.54) is 4.90 Å². The number of Topliss-reactive ketones (excluding diaryl/α,β-unsaturated/α-hetero) is 1. The predicted octanol–water partition coefficient (Wildman–Crippen LogP) is 2.25. The minimum Gasteiger partial charge on any atom is -0.872 e. The second-order valence-corrected chi connectivity index (χ2v) is 8.59. The van der Waals surface area contributed by atoms with Crippen LogP contribution in [-0.4, -0.2) is 42.8 Å². The highest BCUT2D eigenvalue weighted by molar-refractivity contribution is 9.10. The molecule has 1 saturated heterocycles. The average molecular weight is 492 g/mol. The maximum Gasteiger partial charge on any atom is 0.295 e. The van der Waals surface area contributed by atoms with Gasteiger partial charge in [0.15, 0.2) is 0 Å². The van der Waals surface area contributed by atoms with Crippen molar-refractivity contribution >= 4 is 45.0 Å². The summed E-state index contributed by atoms with van der Waals surface area (Å²) in [5.41, 5.74) is 1.08. The summed E-state index contributed by atoms with van der Waals surface area (Å²) in [6.07, 6.45) is 0. The maximum absolute atomic E-state index is 13.3. The van der Waals surface area contributed by atoms with Gasteiger partial charge in [-0.1, -0.05) is 57.6 Å². The Balaban J connectivity index is 2.08. The van der Waals surface area contributed by atoms with Crippen LogP contribution in [0.3, 0.4) is 0 Å². The number of amides is 1. The first kappa shape index (κ1) is 22.5. The Morgan fingerprint density at radius 3 is 2.23 bits per heavy atom. The molecule has 30 heavy (non-hydrogen) atoms. The molecule has 7 heteroatoms. The van der Waals surface area contributed by atoms with E-state index in [9.17, 15) is 14.7 Å². The van der Waals surface area contributed by atoms with Crippen molar-refractivity contribution in [1.29, 1.82) is 0 Å². The zero-order chi connectivity index (χ0) is 21.8. The second kappa shape index (κ2) is 9.77. The Labute approximate surface area is 190 Å². The number of rotatable bonds is 7. The van der Waals surface area contributed by atoms with Gasteiger partial charge in [0.05, 0.1) is 32.2 Å². The Morgan fingerprint density at radius 2 is 1.67 bits per heavy atom. The van der Waals surface area contributed by atoms with E-state index in [1.807, 2.05) is 24.3 Å². The standard InChI is InChI=1S/C23H24BrClN2O3/c1-3-26(4-2)13-14-27-20(15-5-9-17(24)10-6-15)19(22(29)23(27)30)21(28)16-7-11-18(25)12-8-16/h5-12,20,28H,3-4,13-14H2,1-2H3. The fourth-order valence-corrected chi connectivity index (χ4v) is 4.12. The van der Waals surface area contributed by atoms with Gasteiger partial charge < -0.3 is 14.9 Å². The molecule has 1 fully saturated rings. The van der Waals surface area contributed by atoms with Gasteiger partial charge in [-0.25, -0.2) is 0 Å². The Morgan fingerprint density at radius 1 is 1.07 bits per heavy atom. The number of nitrogens with one attached hydrogen (secondary N) is 1. The Hall–Kier alpha value is -2.15. The molecular weight excluding hydrogens is 468 g/mol. The monoisotopic (exact) mass is 490 g/mol. The van der Waals surface area contributed by atoms with Crippen LogP contribution in [0.5, 0.6) is 0 Å². The molecule has 0 bridgehead atoms. The van der Waals surface area contributed by atoms with E-state index in [-0.39, 0.29) is 5.57 Å². The molecule has 1 heterocycles. The molecule has 1 amide bonds. The molecule has 0 saturated carbocycles. The Bertz CT molecular complexity index is 953. The largest absolute Gasteiger partial charge is 0.872 e. The van der Waals surface area contributed by atoms with Crippen LogP contribution < -0.4 is 10.0 Å². The molecule has 0 spiro atoms. The molecule has 158 valence electrons. The van der Waals surface area contributed by atoms with Crippen molar-refractivity contribution in [2.24, 2.45) is 0 Å². The van der Waals surface area contributed by atoms with E-state index in [0.717, 1.165) is 23.1 Å². The van der Waals surface area contributed by atoms with Gasteiger partial charge >= 0.3 is 0 Å². The predicted molar refractivity (Wildman–Crippen MR) is 119 cm³/mol. The van der Waals surface area contributed by atoms with Crippen molar-refractivity contribution in [3.05, 3.63) is 74.7 Å². The third-order valence-corrected chi connectivity index (χ3v) is 6.31. The van der Waals surface area contributed by atoms with Gasteiger partial charge in [-0.05, 0) is 49.2 Å². The van der Waals surface area contributed by atoms with Crippen molar-refractivity contribution in [2.45, 2.75) is 19.9 Å². The van der Waals surface area contributed by atoms with Crippen molar-refractivity contribution in [3.63, 3.8) is 0 Å². The number of hydrogen-bond donors (Lipinski definition) is 1. The molecule has 1 atom stereocenters. The SMILES string of the molecule is CC[NH+](CC)CCN1C(=O)C(=O)C(=C([O-])c2ccc(Cl)cc2)C1c1ccc(Br)cc1. The molecular formula is C23H24BrClN2O3. The van der Waals surface area contributed by atoms with Gasteiger partial charge in [-0.2, -0.15) is 0 Å². The quantitative estimate of drug-likeness (QED) is 0.367. The van der Waals surface area contributed by atoms with Gasteiger partial charge in [-0.3, -0.25) is 9.59 Å². The normalized spacial score (nSPS) is 18.4. The lowest BCUT2D eigenvalue weighted by molar-refractivity contribution is -0.895. The zero-order valence-electron chi connectivity index (χ0n) is 17.0. The highest BCUT2D eigenvalue weighted by Crippen LogP contribution is 2.38. The second-order valence-electron chi connectivity index (χ2n) is 7.24. The third kappa shape index (κ3) is 4.61. The summed E-state index contributed by atoms with van der Waals surface area (Å²) in [6, 6.07) is 13.0. The lowest BCUT2D eigenvalue weighted by atomic mass is 9.95. The number of benzene rings is 2. The first-order chi connectivity index (χ1) is 14.4. The zero-order valence-corrected chi connectivity index (χ0v) is 19.3. The smallest absolute Gasteiger partial charge is 0.295 e. The molecule has 5 nitrogen and oxygen atoms in total. The van der Waals surface area contributed by atoms with E-state index in [0.29, 0.717) is 23.7 Å². The van der Waals surface area contributed by atoms with Crippen LogP contribution in [0.25, 0.3) is 5.76 Å². The first-order valence-corrected chi connectivity index (χ1v) is 11.2. The van der Waals surface area contributed by atoms with Crippen LogP contribution in [0.2, 0.25) is 5.02 Å². The molecule has 1 aliphatic heterocycles. The maximum atomic E-state index is 13.3. The van der Waals surface area contributed by atoms with E-state index in [2.05, 4.69) is 29.8 Å². The Kier molecular flexibility index (Phi) is 7.34. The van der Waals surface area contributed by atoms with Crippen molar-refractivity contribution in [3.8, 4) is 0 Å². The molecule has 1 N–H and O–H groups in total. The van der Waals surface area contributed by atoms with E-state index < -0.39 is 23.5 Å². The number of nitrogens with zero attached hydrogens (tertiary/aromatic N) is 1. The van der Waals surface area contributed by atoms with Crippen LogP contribution in [-0.2, 0) is 9.59 Å². The summed E-state index contributed by atoms with van der Waals surface area (Å²) in [7, 11) is 0. The molecule has 3 rings (SSSR count). The van der Waals surface area contributed by atoms with Crippen LogP contribution >= 0.6 is 27.5 Å². The van der Waals surface area contributed by atoms with Gasteiger partial charge in [0, 0.05) is 15.1 Å².